The van der Waals surface area contributed by atoms with Gasteiger partial charge in [0.1, 0.15) is 0 Å². The van der Waals surface area contributed by atoms with E-state index in [4.69, 9.17) is 0 Å². The van der Waals surface area contributed by atoms with E-state index in [0.717, 1.165) is 5.92 Å². The molecule has 3 fully saturated rings. The zero-order valence-corrected chi connectivity index (χ0v) is 14.9. The highest BCUT2D eigenvalue weighted by Crippen LogP contribution is 2.60. The highest BCUT2D eigenvalue weighted by atomic mass is 16.3. The Hall–Kier alpha value is -0.0800. The summed E-state index contributed by atoms with van der Waals surface area (Å²) in [5.41, 5.74) is 0.778. The van der Waals surface area contributed by atoms with Gasteiger partial charge in [0.15, 0.2) is 0 Å². The second-order valence-electron chi connectivity index (χ2n) is 9.51. The Kier molecular flexibility index (Phi) is 4.64. The zero-order chi connectivity index (χ0) is 16.0. The first-order valence-electron chi connectivity index (χ1n) is 9.64. The number of rotatable bonds is 2. The fourth-order valence-corrected chi connectivity index (χ4v) is 6.67. The SMILES string of the molecule is CC1(C)[C@H]2CC[C@@H](CO)[C@@H]1CC[C@]1(C)CCC[C@@H](CO)[C@H]1C2. The van der Waals surface area contributed by atoms with E-state index >= 15 is 0 Å². The smallest absolute Gasteiger partial charge is 0.0462 e. The van der Waals surface area contributed by atoms with Crippen molar-refractivity contribution in [2.45, 2.75) is 72.1 Å². The van der Waals surface area contributed by atoms with Gasteiger partial charge in [0.05, 0.1) is 0 Å². The first-order valence-corrected chi connectivity index (χ1v) is 9.64. The molecule has 128 valence electrons. The minimum atomic E-state index is 0.352. The summed E-state index contributed by atoms with van der Waals surface area (Å²) in [5, 5.41) is 19.7. The molecule has 3 aliphatic rings. The lowest BCUT2D eigenvalue weighted by atomic mass is 9.48. The summed E-state index contributed by atoms with van der Waals surface area (Å²) in [6.45, 7) is 8.19. The van der Waals surface area contributed by atoms with Gasteiger partial charge in [-0.05, 0) is 85.4 Å². The van der Waals surface area contributed by atoms with E-state index < -0.39 is 0 Å². The van der Waals surface area contributed by atoms with E-state index in [0.29, 0.717) is 47.7 Å². The van der Waals surface area contributed by atoms with Crippen molar-refractivity contribution in [3.8, 4) is 0 Å². The van der Waals surface area contributed by atoms with Gasteiger partial charge >= 0.3 is 0 Å². The van der Waals surface area contributed by atoms with Gasteiger partial charge in [0.2, 0.25) is 0 Å². The van der Waals surface area contributed by atoms with Crippen LogP contribution in [0.15, 0.2) is 0 Å². The van der Waals surface area contributed by atoms with E-state index in [2.05, 4.69) is 20.8 Å². The summed E-state index contributed by atoms with van der Waals surface area (Å²) < 4.78 is 0. The lowest BCUT2D eigenvalue weighted by Gasteiger charge is -2.57. The number of hydrogen-bond acceptors (Lipinski definition) is 2. The van der Waals surface area contributed by atoms with Crippen molar-refractivity contribution in [1.29, 1.82) is 0 Å². The van der Waals surface area contributed by atoms with E-state index in [9.17, 15) is 10.2 Å². The van der Waals surface area contributed by atoms with Gasteiger partial charge in [-0.1, -0.05) is 27.2 Å². The molecule has 2 bridgehead atoms. The molecular weight excluding hydrogens is 272 g/mol. The van der Waals surface area contributed by atoms with Crippen LogP contribution in [0.4, 0.5) is 0 Å². The molecule has 3 saturated carbocycles. The third kappa shape index (κ3) is 2.65. The summed E-state index contributed by atoms with van der Waals surface area (Å²) in [7, 11) is 0. The van der Waals surface area contributed by atoms with Crippen LogP contribution in [0.1, 0.15) is 72.1 Å². The van der Waals surface area contributed by atoms with Crippen LogP contribution in [0.25, 0.3) is 0 Å². The summed E-state index contributed by atoms with van der Waals surface area (Å²) in [6, 6.07) is 0. The van der Waals surface area contributed by atoms with Gasteiger partial charge in [0, 0.05) is 13.2 Å². The van der Waals surface area contributed by atoms with Crippen molar-refractivity contribution >= 4 is 0 Å². The summed E-state index contributed by atoms with van der Waals surface area (Å²) in [4.78, 5) is 0. The molecular formula is C20H36O2. The van der Waals surface area contributed by atoms with Gasteiger partial charge in [-0.2, -0.15) is 0 Å². The van der Waals surface area contributed by atoms with Crippen LogP contribution in [0, 0.1) is 40.4 Å². The van der Waals surface area contributed by atoms with Crippen molar-refractivity contribution in [3.63, 3.8) is 0 Å². The van der Waals surface area contributed by atoms with Crippen LogP contribution in [0.3, 0.4) is 0 Å². The third-order valence-electron chi connectivity index (χ3n) is 8.28. The van der Waals surface area contributed by atoms with E-state index in [1.807, 2.05) is 0 Å². The largest absolute Gasteiger partial charge is 0.396 e. The van der Waals surface area contributed by atoms with E-state index in [-0.39, 0.29) is 0 Å². The second-order valence-corrected chi connectivity index (χ2v) is 9.51. The van der Waals surface area contributed by atoms with Crippen molar-refractivity contribution < 1.29 is 10.2 Å². The minimum absolute atomic E-state index is 0.352. The molecule has 2 nitrogen and oxygen atoms in total. The Morgan fingerprint density at radius 3 is 2.18 bits per heavy atom. The Labute approximate surface area is 136 Å². The van der Waals surface area contributed by atoms with Crippen molar-refractivity contribution in [2.24, 2.45) is 40.4 Å². The quantitative estimate of drug-likeness (QED) is 0.801. The number of aliphatic hydroxyl groups is 2. The molecule has 0 heterocycles. The number of hydrogen-bond donors (Lipinski definition) is 2. The van der Waals surface area contributed by atoms with Gasteiger partial charge in [-0.25, -0.2) is 0 Å². The highest BCUT2D eigenvalue weighted by Gasteiger charge is 2.51. The molecule has 2 heteroatoms. The summed E-state index contributed by atoms with van der Waals surface area (Å²) in [6.07, 6.45) is 10.2. The maximum Gasteiger partial charge on any atom is 0.0462 e. The van der Waals surface area contributed by atoms with Crippen molar-refractivity contribution in [1.82, 2.24) is 0 Å². The molecule has 0 aromatic rings. The molecule has 0 aromatic carbocycles. The van der Waals surface area contributed by atoms with Gasteiger partial charge in [0.25, 0.3) is 0 Å². The number of aliphatic hydroxyl groups excluding tert-OH is 2. The average molecular weight is 309 g/mol. The van der Waals surface area contributed by atoms with Gasteiger partial charge < -0.3 is 10.2 Å². The highest BCUT2D eigenvalue weighted by molar-refractivity contribution is 5.01. The summed E-state index contributed by atoms with van der Waals surface area (Å²) in [5.74, 6) is 3.22. The predicted octanol–water partition coefficient (Wildman–Crippen LogP) is 4.25. The molecule has 6 atom stereocenters. The Bertz CT molecular complexity index is 391. The van der Waals surface area contributed by atoms with Crippen LogP contribution in [0.2, 0.25) is 0 Å². The molecule has 3 aliphatic carbocycles. The van der Waals surface area contributed by atoms with Crippen molar-refractivity contribution in [3.05, 3.63) is 0 Å². The Balaban J connectivity index is 1.90. The molecule has 0 aliphatic heterocycles. The van der Waals surface area contributed by atoms with Gasteiger partial charge in [-0.15, -0.1) is 0 Å². The monoisotopic (exact) mass is 308 g/mol. The van der Waals surface area contributed by atoms with Crippen LogP contribution in [0.5, 0.6) is 0 Å². The minimum Gasteiger partial charge on any atom is -0.396 e. The fourth-order valence-electron chi connectivity index (χ4n) is 6.67. The lowest BCUT2D eigenvalue weighted by molar-refractivity contribution is -0.0891. The molecule has 0 unspecified atom stereocenters. The molecule has 0 spiro atoms. The van der Waals surface area contributed by atoms with Gasteiger partial charge in [-0.3, -0.25) is 0 Å². The molecule has 22 heavy (non-hydrogen) atoms. The first kappa shape index (κ1) is 16.8. The molecule has 3 rings (SSSR count). The lowest BCUT2D eigenvalue weighted by Crippen LogP contribution is -2.49. The van der Waals surface area contributed by atoms with Crippen LogP contribution >= 0.6 is 0 Å². The third-order valence-corrected chi connectivity index (χ3v) is 8.28. The van der Waals surface area contributed by atoms with Crippen LogP contribution in [-0.4, -0.2) is 23.4 Å². The first-order chi connectivity index (χ1) is 10.4. The van der Waals surface area contributed by atoms with Crippen molar-refractivity contribution in [2.75, 3.05) is 13.2 Å². The van der Waals surface area contributed by atoms with E-state index in [1.54, 1.807) is 0 Å². The van der Waals surface area contributed by atoms with Crippen LogP contribution in [-0.2, 0) is 0 Å². The normalized spacial score (nSPS) is 48.1. The Morgan fingerprint density at radius 2 is 1.50 bits per heavy atom. The second kappa shape index (κ2) is 6.09. The van der Waals surface area contributed by atoms with E-state index in [1.165, 1.54) is 51.4 Å². The number of fused-ring (bicyclic) bond motifs is 3. The zero-order valence-electron chi connectivity index (χ0n) is 14.9. The Morgan fingerprint density at radius 1 is 0.818 bits per heavy atom. The average Bonchev–Trinajstić information content (AvgIpc) is 2.49. The standard InChI is InChI=1S/C20H36O2/c1-19(2)16-7-6-15(13-22)17(19)8-10-20(3)9-4-5-14(12-21)18(20)11-16/h14-18,21-22H,4-13H2,1-3H3/t14-,15-,16-,17-,18+,20-/m0/s1. The molecule has 2 N–H and O–H groups in total. The summed E-state index contributed by atoms with van der Waals surface area (Å²) >= 11 is 0. The maximum atomic E-state index is 9.91. The topological polar surface area (TPSA) is 40.5 Å². The maximum absolute atomic E-state index is 9.91. The molecule has 0 saturated heterocycles. The molecule has 0 radical (unpaired) electrons. The fraction of sp³-hybridized carbons (Fsp3) is 1.00. The van der Waals surface area contributed by atoms with Crippen LogP contribution < -0.4 is 0 Å². The molecule has 0 amide bonds. The predicted molar refractivity (Wildman–Crippen MR) is 90.4 cm³/mol. The molecule has 0 aromatic heterocycles.